The summed E-state index contributed by atoms with van der Waals surface area (Å²) in [7, 11) is 0. The number of esters is 1. The highest BCUT2D eigenvalue weighted by Gasteiger charge is 2.47. The van der Waals surface area contributed by atoms with Crippen molar-refractivity contribution in [3.63, 3.8) is 0 Å². The van der Waals surface area contributed by atoms with Gasteiger partial charge in [-0.05, 0) is 99.1 Å². The number of hydrogen-bond donors (Lipinski definition) is 4. The van der Waals surface area contributed by atoms with Crippen molar-refractivity contribution in [2.75, 3.05) is 19.6 Å². The Labute approximate surface area is 345 Å². The number of benzene rings is 2. The predicted octanol–water partition coefficient (Wildman–Crippen LogP) is 2.26. The average molecular weight is 832 g/mol. The summed E-state index contributed by atoms with van der Waals surface area (Å²) >= 11 is 0. The maximum atomic E-state index is 14.8. The standard InChI is InChI=1S/C43H51F2N7O8/c1-23-15-35-43(59)60-25(3)37(42(58)51-14-6-8-34(51)41(57)50-13-5-4-7-33(50)39(55)47-24(2)40(56)52(35)22-23)49-38(54)32(19-27-16-29(44)21-30(45)17-27)48-36(53)20-26-9-10-28-11-12-46-31(28)18-26/h9-12,16-18,21,23-25,32-35,37,46H,4-8,13-15,19-20,22H2,1-3H3,(H,47,55)(H,48,53)(H,49,54)/t23-,24+,25+,32+,33+,34+,35+,37+/m1/s1. The third kappa shape index (κ3) is 9.14. The monoisotopic (exact) mass is 831 g/mol. The molecule has 8 atom stereocenters. The minimum atomic E-state index is -1.61. The van der Waals surface area contributed by atoms with Gasteiger partial charge >= 0.3 is 5.97 Å². The van der Waals surface area contributed by atoms with Crippen LogP contribution >= 0.6 is 0 Å². The molecule has 4 saturated heterocycles. The van der Waals surface area contributed by atoms with Gasteiger partial charge in [-0.1, -0.05) is 19.1 Å². The maximum Gasteiger partial charge on any atom is 0.329 e. The summed E-state index contributed by atoms with van der Waals surface area (Å²) in [6.07, 6.45) is 2.46. The summed E-state index contributed by atoms with van der Waals surface area (Å²) in [5.74, 6) is -6.46. The molecule has 4 aliphatic heterocycles. The van der Waals surface area contributed by atoms with Crippen molar-refractivity contribution in [1.29, 1.82) is 0 Å². The minimum Gasteiger partial charge on any atom is -0.458 e. The van der Waals surface area contributed by atoms with Gasteiger partial charge in [0.2, 0.25) is 35.4 Å². The highest BCUT2D eigenvalue weighted by Crippen LogP contribution is 2.29. The van der Waals surface area contributed by atoms with Gasteiger partial charge in [-0.25, -0.2) is 13.6 Å². The lowest BCUT2D eigenvalue weighted by atomic mass is 9.99. The molecule has 0 saturated carbocycles. The number of ether oxygens (including phenoxy) is 1. The second kappa shape index (κ2) is 17.8. The topological polar surface area (TPSA) is 190 Å². The molecule has 5 heterocycles. The van der Waals surface area contributed by atoms with Gasteiger partial charge in [0.1, 0.15) is 54.0 Å². The minimum absolute atomic E-state index is 0.0456. The van der Waals surface area contributed by atoms with Gasteiger partial charge in [0.25, 0.3) is 0 Å². The number of rotatable bonds is 7. The zero-order chi connectivity index (χ0) is 42.8. The molecule has 0 unspecified atom stereocenters. The number of halogens is 2. The second-order valence-corrected chi connectivity index (χ2v) is 16.6. The molecule has 1 aromatic heterocycles. The van der Waals surface area contributed by atoms with E-state index in [9.17, 15) is 42.3 Å². The van der Waals surface area contributed by atoms with Crippen LogP contribution in [0, 0.1) is 17.6 Å². The van der Waals surface area contributed by atoms with Crippen molar-refractivity contribution in [2.45, 2.75) is 114 Å². The zero-order valence-electron chi connectivity index (χ0n) is 33.9. The Balaban J connectivity index is 1.21. The molecule has 2 aromatic carbocycles. The first-order valence-corrected chi connectivity index (χ1v) is 20.7. The number of aromatic amines is 1. The highest BCUT2D eigenvalue weighted by molar-refractivity contribution is 5.98. The van der Waals surface area contributed by atoms with Crippen LogP contribution in [0.2, 0.25) is 0 Å². The van der Waals surface area contributed by atoms with Gasteiger partial charge in [-0.3, -0.25) is 28.8 Å². The number of amides is 6. The van der Waals surface area contributed by atoms with Crippen LogP contribution in [0.3, 0.4) is 0 Å². The van der Waals surface area contributed by atoms with Crippen LogP contribution in [0.25, 0.3) is 10.9 Å². The Kier molecular flexibility index (Phi) is 12.5. The molecule has 7 rings (SSSR count). The number of H-pyrrole nitrogens is 1. The Morgan fingerprint density at radius 3 is 2.30 bits per heavy atom. The predicted molar refractivity (Wildman–Crippen MR) is 212 cm³/mol. The highest BCUT2D eigenvalue weighted by atomic mass is 19.1. The molecule has 17 heteroatoms. The molecule has 0 aliphatic carbocycles. The maximum absolute atomic E-state index is 14.8. The summed E-state index contributed by atoms with van der Waals surface area (Å²) in [5.41, 5.74) is 1.45. The first kappa shape index (κ1) is 42.3. The lowest BCUT2D eigenvalue weighted by Crippen LogP contribution is -2.63. The number of hydrogen-bond acceptors (Lipinski definition) is 8. The lowest BCUT2D eigenvalue weighted by Gasteiger charge is -2.39. The normalized spacial score (nSPS) is 27.2. The number of aromatic nitrogens is 1. The van der Waals surface area contributed by atoms with Crippen LogP contribution in [0.5, 0.6) is 0 Å². The molecule has 3 aromatic rings. The molecule has 4 aliphatic rings. The Morgan fingerprint density at radius 2 is 1.53 bits per heavy atom. The SMILES string of the molecule is C[C@@H]1C[C@H]2C(=O)O[C@@H](C)[C@H](NC(=O)[C@H](Cc3cc(F)cc(F)c3)NC(=O)Cc3ccc4cc[nH]c4c3)C(=O)N3CCC[C@H]3C(=O)N3CCCC[C@H]3C(=O)N[C@@H](C)C(=O)N2C1. The third-order valence-electron chi connectivity index (χ3n) is 12.0. The summed E-state index contributed by atoms with van der Waals surface area (Å²) in [6, 6.07) is 2.93. The smallest absolute Gasteiger partial charge is 0.329 e. The zero-order valence-corrected chi connectivity index (χ0v) is 33.9. The van der Waals surface area contributed by atoms with Gasteiger partial charge in [0.15, 0.2) is 0 Å². The van der Waals surface area contributed by atoms with Crippen LogP contribution in [-0.2, 0) is 51.1 Å². The van der Waals surface area contributed by atoms with Crippen LogP contribution in [0.4, 0.5) is 8.78 Å². The van der Waals surface area contributed by atoms with E-state index in [4.69, 9.17) is 4.74 Å². The summed E-state index contributed by atoms with van der Waals surface area (Å²) in [4.78, 5) is 106. The molecule has 4 N–H and O–H groups in total. The van der Waals surface area contributed by atoms with Crippen molar-refractivity contribution in [3.05, 3.63) is 71.4 Å². The molecule has 0 spiro atoms. The third-order valence-corrected chi connectivity index (χ3v) is 12.0. The van der Waals surface area contributed by atoms with Crippen molar-refractivity contribution in [3.8, 4) is 0 Å². The first-order chi connectivity index (χ1) is 28.7. The summed E-state index contributed by atoms with van der Waals surface area (Å²) < 4.78 is 34.7. The first-order valence-electron chi connectivity index (χ1n) is 20.7. The molecule has 4 fully saturated rings. The number of cyclic esters (lactones) is 1. The number of nitrogens with zero attached hydrogens (tertiary/aromatic N) is 3. The van der Waals surface area contributed by atoms with Crippen molar-refractivity contribution in [2.24, 2.45) is 5.92 Å². The molecule has 0 radical (unpaired) electrons. The molecule has 60 heavy (non-hydrogen) atoms. The second-order valence-electron chi connectivity index (χ2n) is 16.6. The molecule has 320 valence electrons. The number of carbonyl (C=O) groups excluding carboxylic acids is 7. The fourth-order valence-electron chi connectivity index (χ4n) is 9.03. The van der Waals surface area contributed by atoms with E-state index in [1.807, 2.05) is 19.1 Å². The Morgan fingerprint density at radius 1 is 0.817 bits per heavy atom. The van der Waals surface area contributed by atoms with E-state index in [1.54, 1.807) is 18.3 Å². The largest absolute Gasteiger partial charge is 0.458 e. The lowest BCUT2D eigenvalue weighted by molar-refractivity contribution is -0.163. The fourth-order valence-corrected chi connectivity index (χ4v) is 9.03. The van der Waals surface area contributed by atoms with Crippen LogP contribution in [-0.4, -0.2) is 123 Å². The van der Waals surface area contributed by atoms with E-state index in [0.717, 1.165) is 23.0 Å². The Bertz CT molecular complexity index is 2160. The number of carbonyl (C=O) groups is 7. The van der Waals surface area contributed by atoms with Crippen molar-refractivity contribution >= 4 is 52.3 Å². The number of fused-ring (bicyclic) bond motifs is 4. The van der Waals surface area contributed by atoms with Gasteiger partial charge in [0.05, 0.1) is 6.42 Å². The summed E-state index contributed by atoms with van der Waals surface area (Å²) in [6.45, 7) is 5.40. The van der Waals surface area contributed by atoms with Crippen LogP contribution in [0.1, 0.15) is 70.4 Å². The molecular formula is C43H51F2N7O8. The van der Waals surface area contributed by atoms with Gasteiger partial charge in [0, 0.05) is 43.8 Å². The number of piperidine rings is 1. The van der Waals surface area contributed by atoms with Crippen LogP contribution in [0.15, 0.2) is 48.7 Å². The van der Waals surface area contributed by atoms with E-state index in [1.165, 1.54) is 28.5 Å². The van der Waals surface area contributed by atoms with Crippen molar-refractivity contribution in [1.82, 2.24) is 35.6 Å². The Hall–Kier alpha value is -5.87. The quantitative estimate of drug-likeness (QED) is 0.261. The molecule has 15 nitrogen and oxygen atoms in total. The average Bonchev–Trinajstić information content (AvgIpc) is 3.98. The van der Waals surface area contributed by atoms with Crippen LogP contribution < -0.4 is 16.0 Å². The van der Waals surface area contributed by atoms with E-state index >= 15 is 0 Å². The van der Waals surface area contributed by atoms with Crippen molar-refractivity contribution < 1.29 is 47.1 Å². The molecular weight excluding hydrogens is 781 g/mol. The van der Waals surface area contributed by atoms with Gasteiger partial charge in [-0.15, -0.1) is 0 Å². The number of nitrogens with one attached hydrogen (secondary N) is 4. The van der Waals surface area contributed by atoms with E-state index in [0.29, 0.717) is 37.3 Å². The fraction of sp³-hybridized carbons (Fsp3) is 0.512. The summed E-state index contributed by atoms with van der Waals surface area (Å²) in [5, 5.41) is 9.04. The van der Waals surface area contributed by atoms with E-state index in [2.05, 4.69) is 20.9 Å². The molecule has 6 amide bonds. The van der Waals surface area contributed by atoms with E-state index in [-0.39, 0.29) is 56.8 Å². The van der Waals surface area contributed by atoms with E-state index < -0.39 is 95.4 Å². The van der Waals surface area contributed by atoms with Gasteiger partial charge < -0.3 is 40.4 Å². The van der Waals surface area contributed by atoms with Gasteiger partial charge in [-0.2, -0.15) is 0 Å². The molecule has 0 bridgehead atoms.